The summed E-state index contributed by atoms with van der Waals surface area (Å²) in [4.78, 5) is 10.1. The molecule has 8 heteroatoms. The molecule has 1 aromatic rings. The van der Waals surface area contributed by atoms with E-state index in [9.17, 15) is 18.5 Å². The zero-order valence-electron chi connectivity index (χ0n) is 12.5. The predicted molar refractivity (Wildman–Crippen MR) is 86.9 cm³/mol. The fraction of sp³-hybridized carbons (Fsp3) is 0.538. The Morgan fingerprint density at radius 1 is 1.33 bits per heavy atom. The van der Waals surface area contributed by atoms with Gasteiger partial charge in [-0.1, -0.05) is 20.8 Å². The average Bonchev–Trinajstić information content (AvgIpc) is 2.32. The van der Waals surface area contributed by atoms with E-state index in [1.807, 2.05) is 0 Å². The zero-order chi connectivity index (χ0) is 16.3. The molecular weight excluding hydrogens is 312 g/mol. The van der Waals surface area contributed by atoms with E-state index in [2.05, 4.69) is 26.1 Å². The van der Waals surface area contributed by atoms with Crippen LogP contribution in [0, 0.1) is 10.1 Å². The van der Waals surface area contributed by atoms with Gasteiger partial charge in [0, 0.05) is 35.4 Å². The highest BCUT2D eigenvalue weighted by molar-refractivity contribution is 8.00. The number of nitrogens with zero attached hydrogens (tertiary/aromatic N) is 1. The number of non-ortho nitro benzene ring substituents is 1. The first kappa shape index (κ1) is 17.8. The lowest BCUT2D eigenvalue weighted by atomic mass is 10.3. The van der Waals surface area contributed by atoms with E-state index >= 15 is 0 Å². The van der Waals surface area contributed by atoms with Crippen molar-refractivity contribution in [3.8, 4) is 0 Å². The van der Waals surface area contributed by atoms with Crippen LogP contribution in [0.2, 0.25) is 0 Å². The second-order valence-electron chi connectivity index (χ2n) is 5.60. The van der Waals surface area contributed by atoms with Gasteiger partial charge in [-0.25, -0.2) is 8.42 Å². The maximum atomic E-state index is 11.8. The SMILES string of the molecule is CC(C)(C)SCCNc1ccc([N+](=O)[O-])cc1S(C)(=O)=O. The standard InChI is InChI=1S/C13H20N2O4S2/c1-13(2,3)20-8-7-14-11-6-5-10(15(16)17)9-12(11)21(4,18)19/h5-6,9,14H,7-8H2,1-4H3. The molecule has 0 heterocycles. The van der Waals surface area contributed by atoms with E-state index in [0.29, 0.717) is 12.2 Å². The maximum absolute atomic E-state index is 11.8. The lowest BCUT2D eigenvalue weighted by Crippen LogP contribution is -2.14. The Morgan fingerprint density at radius 2 is 1.95 bits per heavy atom. The van der Waals surface area contributed by atoms with Gasteiger partial charge in [-0.05, 0) is 6.07 Å². The van der Waals surface area contributed by atoms with Gasteiger partial charge in [-0.2, -0.15) is 11.8 Å². The fourth-order valence-electron chi connectivity index (χ4n) is 1.62. The van der Waals surface area contributed by atoms with E-state index in [1.54, 1.807) is 11.8 Å². The largest absolute Gasteiger partial charge is 0.383 e. The van der Waals surface area contributed by atoms with E-state index < -0.39 is 14.8 Å². The lowest BCUT2D eigenvalue weighted by molar-refractivity contribution is -0.385. The molecule has 0 saturated heterocycles. The molecule has 118 valence electrons. The molecule has 0 aliphatic carbocycles. The minimum absolute atomic E-state index is 0.0440. The summed E-state index contributed by atoms with van der Waals surface area (Å²) in [5.41, 5.74) is 0.169. The van der Waals surface area contributed by atoms with Crippen LogP contribution in [0.5, 0.6) is 0 Å². The fourth-order valence-corrected chi connectivity index (χ4v) is 3.31. The van der Waals surface area contributed by atoms with Gasteiger partial charge < -0.3 is 5.32 Å². The predicted octanol–water partition coefficient (Wildman–Crippen LogP) is 2.94. The minimum atomic E-state index is -3.53. The van der Waals surface area contributed by atoms with Crippen LogP contribution in [-0.4, -0.2) is 36.6 Å². The van der Waals surface area contributed by atoms with Crippen molar-refractivity contribution in [1.82, 2.24) is 0 Å². The molecule has 0 aliphatic rings. The Balaban J connectivity index is 2.89. The second kappa shape index (κ2) is 6.65. The van der Waals surface area contributed by atoms with Gasteiger partial charge in [0.1, 0.15) is 0 Å². The van der Waals surface area contributed by atoms with Crippen molar-refractivity contribution in [3.05, 3.63) is 28.3 Å². The molecule has 0 spiro atoms. The number of benzene rings is 1. The maximum Gasteiger partial charge on any atom is 0.270 e. The Hall–Kier alpha value is -1.28. The summed E-state index contributed by atoms with van der Waals surface area (Å²) in [6.45, 7) is 6.89. The third kappa shape index (κ3) is 5.92. The van der Waals surface area contributed by atoms with Gasteiger partial charge in [-0.3, -0.25) is 10.1 Å². The molecule has 21 heavy (non-hydrogen) atoms. The number of nitro groups is 1. The van der Waals surface area contributed by atoms with Crippen molar-refractivity contribution in [2.24, 2.45) is 0 Å². The minimum Gasteiger partial charge on any atom is -0.383 e. The highest BCUT2D eigenvalue weighted by atomic mass is 32.2. The van der Waals surface area contributed by atoms with Gasteiger partial charge in [0.15, 0.2) is 9.84 Å². The first-order valence-electron chi connectivity index (χ1n) is 6.37. The highest BCUT2D eigenvalue weighted by Crippen LogP contribution is 2.27. The average molecular weight is 332 g/mol. The molecule has 0 saturated carbocycles. The highest BCUT2D eigenvalue weighted by Gasteiger charge is 2.18. The Labute approximate surface area is 129 Å². The van der Waals surface area contributed by atoms with Crippen molar-refractivity contribution in [2.75, 3.05) is 23.9 Å². The topological polar surface area (TPSA) is 89.3 Å². The molecule has 0 atom stereocenters. The zero-order valence-corrected chi connectivity index (χ0v) is 14.2. The molecule has 6 nitrogen and oxygen atoms in total. The summed E-state index contributed by atoms with van der Waals surface area (Å²) >= 11 is 1.75. The summed E-state index contributed by atoms with van der Waals surface area (Å²) < 4.78 is 23.6. The summed E-state index contributed by atoms with van der Waals surface area (Å²) in [5, 5.41) is 13.8. The third-order valence-corrected chi connectivity index (χ3v) is 4.94. The van der Waals surface area contributed by atoms with E-state index in [-0.39, 0.29) is 15.3 Å². The second-order valence-corrected chi connectivity index (χ2v) is 9.50. The van der Waals surface area contributed by atoms with Gasteiger partial charge in [0.25, 0.3) is 5.69 Å². The smallest absolute Gasteiger partial charge is 0.270 e. The van der Waals surface area contributed by atoms with Gasteiger partial charge in [0.2, 0.25) is 0 Å². The molecule has 0 unspecified atom stereocenters. The van der Waals surface area contributed by atoms with Crippen LogP contribution in [0.25, 0.3) is 0 Å². The monoisotopic (exact) mass is 332 g/mol. The number of anilines is 1. The first-order chi connectivity index (χ1) is 9.50. The van der Waals surface area contributed by atoms with Gasteiger partial charge >= 0.3 is 0 Å². The molecular formula is C13H20N2O4S2. The number of sulfone groups is 1. The van der Waals surface area contributed by atoms with E-state index in [1.165, 1.54) is 12.1 Å². The van der Waals surface area contributed by atoms with Crippen LogP contribution in [0.15, 0.2) is 23.1 Å². The molecule has 1 rings (SSSR count). The number of nitrogens with one attached hydrogen (secondary N) is 1. The lowest BCUT2D eigenvalue weighted by Gasteiger charge is -2.18. The summed E-state index contributed by atoms with van der Waals surface area (Å²) in [6.07, 6.45) is 1.04. The van der Waals surface area contributed by atoms with E-state index in [0.717, 1.165) is 18.1 Å². The van der Waals surface area contributed by atoms with Crippen molar-refractivity contribution in [1.29, 1.82) is 0 Å². The molecule has 0 bridgehead atoms. The number of hydrogen-bond acceptors (Lipinski definition) is 6. The number of rotatable bonds is 6. The van der Waals surface area contributed by atoms with Crippen molar-refractivity contribution in [2.45, 2.75) is 30.4 Å². The molecule has 0 aliphatic heterocycles. The van der Waals surface area contributed by atoms with Crippen LogP contribution >= 0.6 is 11.8 Å². The first-order valence-corrected chi connectivity index (χ1v) is 9.25. The Morgan fingerprint density at radius 3 is 2.43 bits per heavy atom. The van der Waals surface area contributed by atoms with Crippen molar-refractivity contribution < 1.29 is 13.3 Å². The van der Waals surface area contributed by atoms with E-state index in [4.69, 9.17) is 0 Å². The molecule has 1 N–H and O–H groups in total. The molecule has 0 amide bonds. The van der Waals surface area contributed by atoms with Crippen LogP contribution in [0.3, 0.4) is 0 Å². The van der Waals surface area contributed by atoms with Crippen molar-refractivity contribution >= 4 is 33.0 Å². The number of nitro benzene ring substituents is 1. The Kier molecular flexibility index (Phi) is 5.63. The molecule has 0 aromatic heterocycles. The normalized spacial score (nSPS) is 12.2. The van der Waals surface area contributed by atoms with Crippen molar-refractivity contribution in [3.63, 3.8) is 0 Å². The van der Waals surface area contributed by atoms with Gasteiger partial charge in [0.05, 0.1) is 15.5 Å². The van der Waals surface area contributed by atoms with Crippen LogP contribution in [-0.2, 0) is 9.84 Å². The van der Waals surface area contributed by atoms with Crippen LogP contribution < -0.4 is 5.32 Å². The number of hydrogen-bond donors (Lipinski definition) is 1. The third-order valence-electron chi connectivity index (χ3n) is 2.53. The van der Waals surface area contributed by atoms with Crippen LogP contribution in [0.4, 0.5) is 11.4 Å². The summed E-state index contributed by atoms with van der Waals surface area (Å²) in [5.74, 6) is 0.809. The quantitative estimate of drug-likeness (QED) is 0.489. The molecule has 0 radical (unpaired) electrons. The van der Waals surface area contributed by atoms with Gasteiger partial charge in [-0.15, -0.1) is 0 Å². The summed E-state index contributed by atoms with van der Waals surface area (Å²) in [6, 6.07) is 3.83. The molecule has 1 aromatic carbocycles. The molecule has 0 fully saturated rings. The number of thioether (sulfide) groups is 1. The summed E-state index contributed by atoms with van der Waals surface area (Å²) in [7, 11) is -3.53. The Bertz CT molecular complexity index is 622. The van der Waals surface area contributed by atoms with Crippen LogP contribution in [0.1, 0.15) is 20.8 Å².